The van der Waals surface area contributed by atoms with Gasteiger partial charge in [0.05, 0.1) is 7.11 Å². The third-order valence-electron chi connectivity index (χ3n) is 2.10. The van der Waals surface area contributed by atoms with Gasteiger partial charge in [-0.05, 0) is 24.6 Å². The summed E-state index contributed by atoms with van der Waals surface area (Å²) in [6.45, 7) is 1.29. The molecule has 0 amide bonds. The molecule has 1 rings (SSSR count). The first kappa shape index (κ1) is 15.3. The van der Waals surface area contributed by atoms with Crippen molar-refractivity contribution in [3.63, 3.8) is 0 Å². The highest BCUT2D eigenvalue weighted by atomic mass is 32.2. The number of benzene rings is 1. The largest absolute Gasteiger partial charge is 0.534 e. The number of carbonyl (C=O) groups is 1. The third kappa shape index (κ3) is 3.16. The number of hydrogen-bond donors (Lipinski definition) is 0. The number of methoxy groups -OCH3 is 1. The second-order valence-electron chi connectivity index (χ2n) is 3.47. The molecule has 0 aliphatic heterocycles. The number of ether oxygens (including phenoxy) is 1. The molecule has 0 aromatic heterocycles. The van der Waals surface area contributed by atoms with Crippen LogP contribution in [0.25, 0.3) is 0 Å². The molecule has 0 spiro atoms. The molecular formula is C10H9F3O5S. The van der Waals surface area contributed by atoms with Crippen LogP contribution in [-0.4, -0.2) is 27.3 Å². The lowest BCUT2D eigenvalue weighted by molar-refractivity contribution is -0.0500. The van der Waals surface area contributed by atoms with Crippen LogP contribution in [0.5, 0.6) is 11.5 Å². The van der Waals surface area contributed by atoms with Crippen LogP contribution in [0.3, 0.4) is 0 Å². The van der Waals surface area contributed by atoms with E-state index in [0.29, 0.717) is 6.29 Å². The van der Waals surface area contributed by atoms with E-state index < -0.39 is 21.4 Å². The van der Waals surface area contributed by atoms with E-state index in [0.717, 1.165) is 13.2 Å². The predicted molar refractivity (Wildman–Crippen MR) is 58.7 cm³/mol. The second-order valence-corrected chi connectivity index (χ2v) is 5.01. The van der Waals surface area contributed by atoms with E-state index in [1.807, 2.05) is 0 Å². The minimum atomic E-state index is -5.79. The van der Waals surface area contributed by atoms with Crippen LogP contribution < -0.4 is 8.92 Å². The van der Waals surface area contributed by atoms with Crippen LogP contribution in [0.2, 0.25) is 0 Å². The van der Waals surface area contributed by atoms with Crippen molar-refractivity contribution in [1.82, 2.24) is 0 Å². The van der Waals surface area contributed by atoms with E-state index >= 15 is 0 Å². The minimum absolute atomic E-state index is 0.0225. The van der Waals surface area contributed by atoms with Crippen LogP contribution >= 0.6 is 0 Å². The number of halogens is 3. The van der Waals surface area contributed by atoms with Crippen LogP contribution in [0.4, 0.5) is 13.2 Å². The molecule has 19 heavy (non-hydrogen) atoms. The van der Waals surface area contributed by atoms with Crippen LogP contribution in [0, 0.1) is 6.92 Å². The fraction of sp³-hybridized carbons (Fsp3) is 0.300. The molecule has 5 nitrogen and oxygen atoms in total. The molecule has 0 fully saturated rings. The summed E-state index contributed by atoms with van der Waals surface area (Å²) in [7, 11) is -4.69. The van der Waals surface area contributed by atoms with Gasteiger partial charge in [0.2, 0.25) is 0 Å². The molecule has 0 bridgehead atoms. The maximum Gasteiger partial charge on any atom is 0.534 e. The first-order chi connectivity index (χ1) is 8.62. The van der Waals surface area contributed by atoms with Crippen molar-refractivity contribution in [2.45, 2.75) is 12.4 Å². The van der Waals surface area contributed by atoms with Crippen molar-refractivity contribution in [3.8, 4) is 11.5 Å². The van der Waals surface area contributed by atoms with Gasteiger partial charge in [-0.2, -0.15) is 21.6 Å². The average molecular weight is 298 g/mol. The molecule has 0 aliphatic rings. The Morgan fingerprint density at radius 3 is 2.26 bits per heavy atom. The Kier molecular flexibility index (Phi) is 4.09. The minimum Gasteiger partial charge on any atom is -0.493 e. The lowest BCUT2D eigenvalue weighted by Gasteiger charge is -2.14. The van der Waals surface area contributed by atoms with E-state index in [-0.39, 0.29) is 16.9 Å². The number of carbonyl (C=O) groups excluding carboxylic acids is 1. The summed E-state index contributed by atoms with van der Waals surface area (Å²) in [4.78, 5) is 10.6. The normalized spacial score (nSPS) is 12.1. The van der Waals surface area contributed by atoms with Crippen molar-refractivity contribution >= 4 is 16.4 Å². The van der Waals surface area contributed by atoms with Gasteiger partial charge in [-0.15, -0.1) is 0 Å². The Balaban J connectivity index is 3.33. The number of aldehydes is 1. The van der Waals surface area contributed by atoms with Crippen LogP contribution in [0.1, 0.15) is 15.9 Å². The Labute approximate surface area is 107 Å². The van der Waals surface area contributed by atoms with E-state index in [1.54, 1.807) is 0 Å². The fourth-order valence-electron chi connectivity index (χ4n) is 1.25. The molecule has 0 heterocycles. The molecule has 1 aromatic carbocycles. The Bertz CT molecular complexity index is 592. The zero-order chi connectivity index (χ0) is 14.8. The molecule has 0 N–H and O–H groups in total. The predicted octanol–water partition coefficient (Wildman–Crippen LogP) is 2.04. The second kappa shape index (κ2) is 5.08. The van der Waals surface area contributed by atoms with E-state index in [9.17, 15) is 26.4 Å². The lowest BCUT2D eigenvalue weighted by atomic mass is 10.1. The van der Waals surface area contributed by atoms with Gasteiger partial charge in [0.1, 0.15) is 6.29 Å². The quantitative estimate of drug-likeness (QED) is 0.483. The summed E-state index contributed by atoms with van der Waals surface area (Å²) in [5.74, 6) is -0.889. The fourth-order valence-corrected chi connectivity index (χ4v) is 1.78. The summed E-state index contributed by atoms with van der Waals surface area (Å²) in [6, 6.07) is 2.25. The Morgan fingerprint density at radius 2 is 1.84 bits per heavy atom. The van der Waals surface area contributed by atoms with Gasteiger partial charge < -0.3 is 8.92 Å². The van der Waals surface area contributed by atoms with Crippen LogP contribution in [-0.2, 0) is 10.1 Å². The lowest BCUT2D eigenvalue weighted by Crippen LogP contribution is -2.28. The van der Waals surface area contributed by atoms with Gasteiger partial charge in [-0.25, -0.2) is 0 Å². The monoisotopic (exact) mass is 298 g/mol. The van der Waals surface area contributed by atoms with E-state index in [4.69, 9.17) is 4.74 Å². The zero-order valence-electron chi connectivity index (χ0n) is 9.82. The number of hydrogen-bond acceptors (Lipinski definition) is 5. The molecule has 9 heteroatoms. The number of aryl methyl sites for hydroxylation is 1. The first-order valence-electron chi connectivity index (χ1n) is 4.77. The smallest absolute Gasteiger partial charge is 0.493 e. The van der Waals surface area contributed by atoms with Crippen LogP contribution in [0.15, 0.2) is 12.1 Å². The van der Waals surface area contributed by atoms with Gasteiger partial charge in [0, 0.05) is 5.56 Å². The van der Waals surface area contributed by atoms with Crippen molar-refractivity contribution in [2.75, 3.05) is 7.11 Å². The maximum absolute atomic E-state index is 12.2. The molecule has 0 unspecified atom stereocenters. The summed E-state index contributed by atoms with van der Waals surface area (Å²) in [5, 5.41) is 0. The molecule has 0 saturated carbocycles. The standard InChI is InChI=1S/C10H9F3O5S/c1-6-3-7(5-14)4-8(17-2)9(6)18-19(15,16)10(11,12)13/h3-5H,1-2H3. The molecule has 0 atom stereocenters. The highest BCUT2D eigenvalue weighted by molar-refractivity contribution is 7.88. The summed E-state index contributed by atoms with van der Waals surface area (Å²) in [5.41, 5.74) is -5.41. The van der Waals surface area contributed by atoms with Gasteiger partial charge in [0.15, 0.2) is 11.5 Å². The van der Waals surface area contributed by atoms with Gasteiger partial charge in [-0.3, -0.25) is 4.79 Å². The van der Waals surface area contributed by atoms with Crippen molar-refractivity contribution in [2.24, 2.45) is 0 Å². The molecule has 1 aromatic rings. The highest BCUT2D eigenvalue weighted by Gasteiger charge is 2.49. The first-order valence-corrected chi connectivity index (χ1v) is 6.17. The van der Waals surface area contributed by atoms with E-state index in [2.05, 4.69) is 4.18 Å². The molecule has 0 aliphatic carbocycles. The maximum atomic E-state index is 12.2. The van der Waals surface area contributed by atoms with Gasteiger partial charge in [0.25, 0.3) is 0 Å². The number of alkyl halides is 3. The van der Waals surface area contributed by atoms with Crippen molar-refractivity contribution < 1.29 is 35.3 Å². The van der Waals surface area contributed by atoms with Gasteiger partial charge >= 0.3 is 15.6 Å². The van der Waals surface area contributed by atoms with Crippen molar-refractivity contribution in [1.29, 1.82) is 0 Å². The molecular weight excluding hydrogens is 289 g/mol. The Morgan fingerprint density at radius 1 is 1.26 bits per heavy atom. The highest BCUT2D eigenvalue weighted by Crippen LogP contribution is 2.36. The molecule has 106 valence electrons. The topological polar surface area (TPSA) is 69.7 Å². The number of rotatable bonds is 4. The summed E-state index contributed by atoms with van der Waals surface area (Å²) >= 11 is 0. The summed E-state index contributed by atoms with van der Waals surface area (Å²) in [6.07, 6.45) is 0.442. The third-order valence-corrected chi connectivity index (χ3v) is 3.05. The van der Waals surface area contributed by atoms with E-state index in [1.165, 1.54) is 13.0 Å². The van der Waals surface area contributed by atoms with Gasteiger partial charge in [-0.1, -0.05) is 0 Å². The summed E-state index contributed by atoms with van der Waals surface area (Å²) < 4.78 is 67.3. The SMILES string of the molecule is COc1cc(C=O)cc(C)c1OS(=O)(=O)C(F)(F)F. The molecule has 0 saturated heterocycles. The molecule has 0 radical (unpaired) electrons. The van der Waals surface area contributed by atoms with Crippen molar-refractivity contribution in [3.05, 3.63) is 23.3 Å². The zero-order valence-corrected chi connectivity index (χ0v) is 10.6. The average Bonchev–Trinajstić information content (AvgIpc) is 2.29. The Hall–Kier alpha value is -1.77.